The number of allylic oxidation sites excluding steroid dienone is 4. The van der Waals surface area contributed by atoms with Crippen LogP contribution < -0.4 is 0 Å². The quantitative estimate of drug-likeness (QED) is 0.413. The van der Waals surface area contributed by atoms with E-state index in [1.807, 2.05) is 0 Å². The number of hydrogen-bond acceptors (Lipinski definition) is 1. The van der Waals surface area contributed by atoms with Gasteiger partial charge in [0, 0.05) is 6.42 Å². The van der Waals surface area contributed by atoms with Crippen molar-refractivity contribution >= 4 is 0 Å². The van der Waals surface area contributed by atoms with Gasteiger partial charge in [-0.05, 0) is 38.5 Å². The van der Waals surface area contributed by atoms with Gasteiger partial charge in [-0.3, -0.25) is 0 Å². The molecule has 0 aromatic rings. The van der Waals surface area contributed by atoms with E-state index in [0.29, 0.717) is 6.42 Å². The molecule has 0 aliphatic carbocycles. The molecule has 0 radical (unpaired) electrons. The van der Waals surface area contributed by atoms with Crippen molar-refractivity contribution in [2.45, 2.75) is 51.9 Å². The Labute approximate surface area is 88.1 Å². The van der Waals surface area contributed by atoms with Gasteiger partial charge in [0.15, 0.2) is 0 Å². The first-order chi connectivity index (χ1) is 6.91. The minimum absolute atomic E-state index is 0.649. The van der Waals surface area contributed by atoms with Gasteiger partial charge in [-0.2, -0.15) is 5.26 Å². The van der Waals surface area contributed by atoms with Crippen LogP contribution in [0.4, 0.5) is 0 Å². The second-order valence-electron chi connectivity index (χ2n) is 3.33. The first kappa shape index (κ1) is 13.0. The van der Waals surface area contributed by atoms with Crippen molar-refractivity contribution in [3.63, 3.8) is 0 Å². The van der Waals surface area contributed by atoms with Crippen LogP contribution in [0.3, 0.4) is 0 Å². The molecule has 0 aliphatic rings. The first-order valence-corrected chi connectivity index (χ1v) is 5.58. The fourth-order valence-electron chi connectivity index (χ4n) is 1.19. The number of nitriles is 1. The topological polar surface area (TPSA) is 23.8 Å². The van der Waals surface area contributed by atoms with Gasteiger partial charge in [0.25, 0.3) is 0 Å². The van der Waals surface area contributed by atoms with Crippen LogP contribution in [0, 0.1) is 11.3 Å². The highest BCUT2D eigenvalue weighted by Gasteiger charge is 1.83. The maximum Gasteiger partial charge on any atom is 0.0624 e. The number of unbranched alkanes of at least 4 members (excludes halogenated alkanes) is 4. The van der Waals surface area contributed by atoms with E-state index in [2.05, 4.69) is 37.3 Å². The van der Waals surface area contributed by atoms with E-state index in [4.69, 9.17) is 5.26 Å². The van der Waals surface area contributed by atoms with Crippen molar-refractivity contribution in [3.05, 3.63) is 24.3 Å². The van der Waals surface area contributed by atoms with Crippen molar-refractivity contribution in [2.24, 2.45) is 0 Å². The molecule has 0 fully saturated rings. The van der Waals surface area contributed by atoms with E-state index in [0.717, 1.165) is 19.3 Å². The number of hydrogen-bond donors (Lipinski definition) is 0. The zero-order valence-corrected chi connectivity index (χ0v) is 9.21. The normalized spacial score (nSPS) is 11.1. The van der Waals surface area contributed by atoms with Crippen LogP contribution in [0.1, 0.15) is 51.9 Å². The standard InChI is InChI=1S/C13H21N/c1-2-3-4-5-6-7-8-9-10-11-12-13-14/h3-4,9-10H,2,5-8,11-12H2,1H3/b4-3?,10-9-. The van der Waals surface area contributed by atoms with Gasteiger partial charge in [0.1, 0.15) is 0 Å². The van der Waals surface area contributed by atoms with Gasteiger partial charge in [0.2, 0.25) is 0 Å². The van der Waals surface area contributed by atoms with E-state index in [1.54, 1.807) is 0 Å². The summed E-state index contributed by atoms with van der Waals surface area (Å²) in [4.78, 5) is 0. The molecule has 0 bridgehead atoms. The number of nitrogens with zero attached hydrogens (tertiary/aromatic N) is 1. The molecule has 0 saturated carbocycles. The van der Waals surface area contributed by atoms with Crippen LogP contribution in [0.25, 0.3) is 0 Å². The van der Waals surface area contributed by atoms with E-state index >= 15 is 0 Å². The highest BCUT2D eigenvalue weighted by Crippen LogP contribution is 2.02. The van der Waals surface area contributed by atoms with Gasteiger partial charge in [0.05, 0.1) is 6.07 Å². The summed E-state index contributed by atoms with van der Waals surface area (Å²) >= 11 is 0. The van der Waals surface area contributed by atoms with Crippen LogP contribution in [0.2, 0.25) is 0 Å². The van der Waals surface area contributed by atoms with Crippen LogP contribution in [-0.4, -0.2) is 0 Å². The molecular weight excluding hydrogens is 170 g/mol. The maximum atomic E-state index is 8.30. The highest BCUT2D eigenvalue weighted by molar-refractivity contribution is 4.86. The SMILES string of the molecule is CCC=CCCCC/C=C\CCC#N. The van der Waals surface area contributed by atoms with Crippen LogP contribution >= 0.6 is 0 Å². The fourth-order valence-corrected chi connectivity index (χ4v) is 1.19. The van der Waals surface area contributed by atoms with E-state index in [9.17, 15) is 0 Å². The molecule has 0 aliphatic heterocycles. The molecule has 0 rings (SSSR count). The third-order valence-electron chi connectivity index (χ3n) is 1.98. The molecule has 14 heavy (non-hydrogen) atoms. The molecule has 0 spiro atoms. The zero-order chi connectivity index (χ0) is 10.5. The van der Waals surface area contributed by atoms with Gasteiger partial charge in [-0.25, -0.2) is 0 Å². The third kappa shape index (κ3) is 11.0. The summed E-state index contributed by atoms with van der Waals surface area (Å²) in [6.07, 6.45) is 16.4. The lowest BCUT2D eigenvalue weighted by atomic mass is 10.1. The molecule has 0 N–H and O–H groups in total. The molecule has 1 heteroatoms. The Bertz CT molecular complexity index is 196. The monoisotopic (exact) mass is 191 g/mol. The molecular formula is C13H21N. The van der Waals surface area contributed by atoms with Gasteiger partial charge in [-0.1, -0.05) is 31.2 Å². The largest absolute Gasteiger partial charge is 0.198 e. The third-order valence-corrected chi connectivity index (χ3v) is 1.98. The molecule has 0 unspecified atom stereocenters. The molecule has 0 aromatic heterocycles. The minimum atomic E-state index is 0.649. The van der Waals surface area contributed by atoms with Crippen molar-refractivity contribution in [1.29, 1.82) is 5.26 Å². The molecule has 0 aromatic carbocycles. The molecule has 0 saturated heterocycles. The van der Waals surface area contributed by atoms with Crippen molar-refractivity contribution < 1.29 is 0 Å². The maximum absolute atomic E-state index is 8.30. The van der Waals surface area contributed by atoms with Gasteiger partial charge in [-0.15, -0.1) is 0 Å². The van der Waals surface area contributed by atoms with Crippen molar-refractivity contribution in [2.75, 3.05) is 0 Å². The highest BCUT2D eigenvalue weighted by atomic mass is 14.2. The fraction of sp³-hybridized carbons (Fsp3) is 0.615. The van der Waals surface area contributed by atoms with Crippen LogP contribution in [0.15, 0.2) is 24.3 Å². The lowest BCUT2D eigenvalue weighted by molar-refractivity contribution is 0.759. The Morgan fingerprint density at radius 1 is 0.929 bits per heavy atom. The Hall–Kier alpha value is -1.03. The summed E-state index contributed by atoms with van der Waals surface area (Å²) in [6.45, 7) is 2.16. The van der Waals surface area contributed by atoms with Crippen LogP contribution in [-0.2, 0) is 0 Å². The predicted octanol–water partition coefficient (Wildman–Crippen LogP) is 4.37. The van der Waals surface area contributed by atoms with Crippen LogP contribution in [0.5, 0.6) is 0 Å². The average molecular weight is 191 g/mol. The second kappa shape index (κ2) is 12.0. The molecule has 1 nitrogen and oxygen atoms in total. The summed E-state index contributed by atoms with van der Waals surface area (Å²) in [5.74, 6) is 0. The van der Waals surface area contributed by atoms with Crippen molar-refractivity contribution in [1.82, 2.24) is 0 Å². The lowest BCUT2D eigenvalue weighted by Gasteiger charge is -1.92. The average Bonchev–Trinajstić information content (AvgIpc) is 2.21. The molecule has 0 heterocycles. The Kier molecular flexibility index (Phi) is 11.1. The summed E-state index contributed by atoms with van der Waals surface area (Å²) in [7, 11) is 0. The summed E-state index contributed by atoms with van der Waals surface area (Å²) in [5, 5.41) is 8.30. The first-order valence-electron chi connectivity index (χ1n) is 5.58. The minimum Gasteiger partial charge on any atom is -0.198 e. The molecule has 0 amide bonds. The van der Waals surface area contributed by atoms with E-state index < -0.39 is 0 Å². The van der Waals surface area contributed by atoms with Gasteiger partial charge >= 0.3 is 0 Å². The predicted molar refractivity (Wildman–Crippen MR) is 61.9 cm³/mol. The Balaban J connectivity index is 3.09. The van der Waals surface area contributed by atoms with Crippen molar-refractivity contribution in [3.8, 4) is 6.07 Å². The Morgan fingerprint density at radius 2 is 1.50 bits per heavy atom. The molecule has 78 valence electrons. The molecule has 0 atom stereocenters. The number of rotatable bonds is 8. The van der Waals surface area contributed by atoms with E-state index in [-0.39, 0.29) is 0 Å². The second-order valence-corrected chi connectivity index (χ2v) is 3.33. The summed E-state index contributed by atoms with van der Waals surface area (Å²) in [5.41, 5.74) is 0. The zero-order valence-electron chi connectivity index (χ0n) is 9.21. The summed E-state index contributed by atoms with van der Waals surface area (Å²) in [6, 6.07) is 2.13. The van der Waals surface area contributed by atoms with Gasteiger partial charge < -0.3 is 0 Å². The lowest BCUT2D eigenvalue weighted by Crippen LogP contribution is -1.72. The smallest absolute Gasteiger partial charge is 0.0624 e. The Morgan fingerprint density at radius 3 is 2.07 bits per heavy atom. The van der Waals surface area contributed by atoms with E-state index in [1.165, 1.54) is 19.3 Å². The summed E-state index contributed by atoms with van der Waals surface area (Å²) < 4.78 is 0.